The Balaban J connectivity index is 1.52. The number of esters is 1. The fraction of sp³-hybridized carbons (Fsp3) is 0.125. The Morgan fingerprint density at radius 1 is 0.968 bits per heavy atom. The molecule has 0 aliphatic carbocycles. The van der Waals surface area contributed by atoms with E-state index in [1.165, 1.54) is 6.21 Å². The second kappa shape index (κ2) is 10.5. The molecule has 3 aromatic rings. The topological polar surface area (TPSA) is 77.0 Å². The van der Waals surface area contributed by atoms with Crippen LogP contribution in [0.15, 0.2) is 76.3 Å². The number of ether oxygens (including phenoxy) is 2. The summed E-state index contributed by atoms with van der Waals surface area (Å²) >= 11 is 3.33. The van der Waals surface area contributed by atoms with E-state index in [1.807, 2.05) is 38.1 Å². The standard InChI is InChI=1S/C24H21BrN2O4/c1-16-9-10-21(11-17(16)2)30-15-23(28)27-26-14-18-5-3-8-22(12-18)31-24(29)19-6-4-7-20(25)13-19/h3-14H,15H2,1-2H3,(H,27,28). The zero-order chi connectivity index (χ0) is 22.2. The lowest BCUT2D eigenvalue weighted by Gasteiger charge is -2.07. The largest absolute Gasteiger partial charge is 0.484 e. The van der Waals surface area contributed by atoms with Gasteiger partial charge in [0.15, 0.2) is 6.61 Å². The van der Waals surface area contributed by atoms with Crippen LogP contribution >= 0.6 is 15.9 Å². The fourth-order valence-electron chi connectivity index (χ4n) is 2.60. The first-order valence-corrected chi connectivity index (χ1v) is 10.3. The number of hydrogen-bond donors (Lipinski definition) is 1. The maximum Gasteiger partial charge on any atom is 0.343 e. The van der Waals surface area contributed by atoms with Crippen LogP contribution in [0.2, 0.25) is 0 Å². The van der Waals surface area contributed by atoms with E-state index in [1.54, 1.807) is 42.5 Å². The van der Waals surface area contributed by atoms with Crippen LogP contribution in [0.1, 0.15) is 27.0 Å². The van der Waals surface area contributed by atoms with Crippen LogP contribution in [0.25, 0.3) is 0 Å². The number of aryl methyl sites for hydroxylation is 2. The maximum absolute atomic E-state index is 12.3. The Morgan fingerprint density at radius 2 is 1.77 bits per heavy atom. The van der Waals surface area contributed by atoms with Crippen LogP contribution in [-0.4, -0.2) is 24.7 Å². The van der Waals surface area contributed by atoms with Gasteiger partial charge in [-0.25, -0.2) is 10.2 Å². The zero-order valence-electron chi connectivity index (χ0n) is 17.1. The second-order valence-corrected chi connectivity index (χ2v) is 7.72. The van der Waals surface area contributed by atoms with E-state index in [-0.39, 0.29) is 12.5 Å². The molecule has 1 N–H and O–H groups in total. The van der Waals surface area contributed by atoms with Crippen molar-refractivity contribution in [3.8, 4) is 11.5 Å². The number of hydrogen-bond acceptors (Lipinski definition) is 5. The summed E-state index contributed by atoms with van der Waals surface area (Å²) in [5.74, 6) is 0.152. The Kier molecular flexibility index (Phi) is 7.56. The Hall–Kier alpha value is -3.45. The molecule has 0 spiro atoms. The van der Waals surface area contributed by atoms with Crippen molar-refractivity contribution in [1.29, 1.82) is 0 Å². The number of nitrogens with zero attached hydrogens (tertiary/aromatic N) is 1. The van der Waals surface area contributed by atoms with Gasteiger partial charge in [0.1, 0.15) is 11.5 Å². The number of nitrogens with one attached hydrogen (secondary N) is 1. The smallest absolute Gasteiger partial charge is 0.343 e. The summed E-state index contributed by atoms with van der Waals surface area (Å²) in [4.78, 5) is 24.2. The number of rotatable bonds is 7. The van der Waals surface area contributed by atoms with Crippen molar-refractivity contribution in [2.24, 2.45) is 5.10 Å². The molecule has 0 fully saturated rings. The van der Waals surface area contributed by atoms with Crippen LogP contribution in [-0.2, 0) is 4.79 Å². The van der Waals surface area contributed by atoms with E-state index in [0.717, 1.165) is 15.6 Å². The number of hydrazone groups is 1. The lowest BCUT2D eigenvalue weighted by atomic mass is 10.1. The van der Waals surface area contributed by atoms with Gasteiger partial charge in [0.05, 0.1) is 11.8 Å². The molecule has 158 valence electrons. The van der Waals surface area contributed by atoms with Crippen molar-refractivity contribution in [1.82, 2.24) is 5.43 Å². The first kappa shape index (κ1) is 22.2. The van der Waals surface area contributed by atoms with Crippen molar-refractivity contribution in [3.05, 3.63) is 93.5 Å². The molecule has 7 heteroatoms. The molecule has 0 aliphatic rings. The fourth-order valence-corrected chi connectivity index (χ4v) is 3.00. The van der Waals surface area contributed by atoms with Gasteiger partial charge in [-0.3, -0.25) is 4.79 Å². The monoisotopic (exact) mass is 480 g/mol. The van der Waals surface area contributed by atoms with Gasteiger partial charge in [0.2, 0.25) is 0 Å². The molecule has 0 radical (unpaired) electrons. The third-order valence-corrected chi connectivity index (χ3v) is 4.87. The Labute approximate surface area is 189 Å². The van der Waals surface area contributed by atoms with Crippen molar-refractivity contribution in [2.45, 2.75) is 13.8 Å². The minimum absolute atomic E-state index is 0.149. The van der Waals surface area contributed by atoms with Crippen LogP contribution in [0.4, 0.5) is 0 Å². The molecule has 6 nitrogen and oxygen atoms in total. The van der Waals surface area contributed by atoms with Gasteiger partial charge in [0.25, 0.3) is 5.91 Å². The van der Waals surface area contributed by atoms with Gasteiger partial charge in [-0.15, -0.1) is 0 Å². The summed E-state index contributed by atoms with van der Waals surface area (Å²) < 4.78 is 11.7. The molecule has 0 saturated carbocycles. The van der Waals surface area contributed by atoms with E-state index in [0.29, 0.717) is 22.6 Å². The quantitative estimate of drug-likeness (QED) is 0.227. The van der Waals surface area contributed by atoms with Crippen molar-refractivity contribution < 1.29 is 19.1 Å². The van der Waals surface area contributed by atoms with Crippen molar-refractivity contribution in [3.63, 3.8) is 0 Å². The number of carbonyl (C=O) groups excluding carboxylic acids is 2. The number of halogens is 1. The third kappa shape index (κ3) is 6.79. The predicted octanol–water partition coefficient (Wildman–Crippen LogP) is 4.81. The van der Waals surface area contributed by atoms with Gasteiger partial charge in [-0.2, -0.15) is 5.10 Å². The molecule has 0 saturated heterocycles. The average molecular weight is 481 g/mol. The van der Waals surface area contributed by atoms with E-state index < -0.39 is 5.97 Å². The molecule has 3 aromatic carbocycles. The van der Waals surface area contributed by atoms with E-state index in [9.17, 15) is 9.59 Å². The van der Waals surface area contributed by atoms with Crippen LogP contribution < -0.4 is 14.9 Å². The highest BCUT2D eigenvalue weighted by Gasteiger charge is 2.09. The molecule has 0 bridgehead atoms. The molecule has 0 heterocycles. The summed E-state index contributed by atoms with van der Waals surface area (Å²) in [6.07, 6.45) is 1.46. The zero-order valence-corrected chi connectivity index (χ0v) is 18.7. The highest BCUT2D eigenvalue weighted by Crippen LogP contribution is 2.17. The lowest BCUT2D eigenvalue weighted by Crippen LogP contribution is -2.24. The molecule has 0 unspecified atom stereocenters. The molecule has 0 aromatic heterocycles. The van der Waals surface area contributed by atoms with Gasteiger partial charge in [0, 0.05) is 4.47 Å². The first-order chi connectivity index (χ1) is 14.9. The molecule has 0 atom stereocenters. The van der Waals surface area contributed by atoms with Crippen molar-refractivity contribution >= 4 is 34.0 Å². The van der Waals surface area contributed by atoms with Gasteiger partial charge in [-0.1, -0.05) is 40.2 Å². The van der Waals surface area contributed by atoms with E-state index in [4.69, 9.17) is 9.47 Å². The minimum Gasteiger partial charge on any atom is -0.484 e. The highest BCUT2D eigenvalue weighted by molar-refractivity contribution is 9.10. The Morgan fingerprint density at radius 3 is 2.55 bits per heavy atom. The van der Waals surface area contributed by atoms with Crippen molar-refractivity contribution in [2.75, 3.05) is 6.61 Å². The minimum atomic E-state index is -0.466. The average Bonchev–Trinajstić information content (AvgIpc) is 2.75. The number of benzene rings is 3. The summed E-state index contributed by atoms with van der Waals surface area (Å²) in [5, 5.41) is 3.92. The second-order valence-electron chi connectivity index (χ2n) is 6.80. The summed E-state index contributed by atoms with van der Waals surface area (Å²) in [7, 11) is 0. The third-order valence-electron chi connectivity index (χ3n) is 4.38. The first-order valence-electron chi connectivity index (χ1n) is 9.50. The maximum atomic E-state index is 12.3. The normalized spacial score (nSPS) is 10.7. The van der Waals surface area contributed by atoms with E-state index >= 15 is 0 Å². The van der Waals surface area contributed by atoms with Crippen LogP contribution in [0.3, 0.4) is 0 Å². The van der Waals surface area contributed by atoms with Gasteiger partial charge >= 0.3 is 5.97 Å². The highest BCUT2D eigenvalue weighted by atomic mass is 79.9. The number of carbonyl (C=O) groups is 2. The molecule has 3 rings (SSSR count). The number of amides is 1. The molecular weight excluding hydrogens is 460 g/mol. The Bertz CT molecular complexity index is 1130. The summed E-state index contributed by atoms with van der Waals surface area (Å²) in [5.41, 5.74) is 5.76. The van der Waals surface area contributed by atoms with Crippen LogP contribution in [0, 0.1) is 13.8 Å². The van der Waals surface area contributed by atoms with E-state index in [2.05, 4.69) is 26.5 Å². The van der Waals surface area contributed by atoms with Crippen LogP contribution in [0.5, 0.6) is 11.5 Å². The summed E-state index contributed by atoms with van der Waals surface area (Å²) in [6.45, 7) is 3.85. The summed E-state index contributed by atoms with van der Waals surface area (Å²) in [6, 6.07) is 19.4. The van der Waals surface area contributed by atoms with Gasteiger partial charge in [-0.05, 0) is 73.0 Å². The predicted molar refractivity (Wildman–Crippen MR) is 123 cm³/mol. The molecule has 1 amide bonds. The molecule has 31 heavy (non-hydrogen) atoms. The molecule has 0 aliphatic heterocycles. The molecular formula is C24H21BrN2O4. The SMILES string of the molecule is Cc1ccc(OCC(=O)NN=Cc2cccc(OC(=O)c3cccc(Br)c3)c2)cc1C. The van der Waals surface area contributed by atoms with Gasteiger partial charge < -0.3 is 9.47 Å². The lowest BCUT2D eigenvalue weighted by molar-refractivity contribution is -0.123.